The van der Waals surface area contributed by atoms with Crippen molar-refractivity contribution in [3.63, 3.8) is 0 Å². The standard InChI is InChI=1S/C22H21F2N5O3/c1-27-10-15(9-25-27)32-20-16(23)6-13(7-17(20)24)11-31-18-8-19-28(21(30)26-18)12-22-4-2-14(3-5-22)29(19)22/h6-10,14H,2-5,11-12H2,1H3. The molecular formula is C22H21F2N5O3. The fraction of sp³-hybridized carbons (Fsp3) is 0.409. The fourth-order valence-corrected chi connectivity index (χ4v) is 5.40. The second-order valence-corrected chi connectivity index (χ2v) is 8.78. The molecule has 0 unspecified atom stereocenters. The molecule has 0 spiro atoms. The number of hydrogen-bond donors (Lipinski definition) is 0. The van der Waals surface area contributed by atoms with Crippen LogP contribution in [0.3, 0.4) is 0 Å². The Balaban J connectivity index is 1.22. The van der Waals surface area contributed by atoms with Gasteiger partial charge in [0.25, 0.3) is 0 Å². The molecule has 0 saturated carbocycles. The summed E-state index contributed by atoms with van der Waals surface area (Å²) in [6.45, 7) is 0.533. The SMILES string of the molecule is Cn1cc(Oc2c(F)cc(COc3cc4n(c(=O)n3)CC35CCC(CC3)N45)cc2F)cn1. The lowest BCUT2D eigenvalue weighted by Gasteiger charge is -2.27. The summed E-state index contributed by atoms with van der Waals surface area (Å²) >= 11 is 0. The van der Waals surface area contributed by atoms with Crippen molar-refractivity contribution in [2.24, 2.45) is 7.05 Å². The molecule has 6 rings (SSSR count). The van der Waals surface area contributed by atoms with Crippen LogP contribution < -0.4 is 20.1 Å². The maximum Gasteiger partial charge on any atom is 0.352 e. The lowest BCUT2D eigenvalue weighted by Crippen LogP contribution is -2.38. The van der Waals surface area contributed by atoms with Gasteiger partial charge in [-0.05, 0) is 43.4 Å². The number of ether oxygens (including phenoxy) is 2. The molecule has 2 bridgehead atoms. The molecule has 2 saturated heterocycles. The quantitative estimate of drug-likeness (QED) is 0.606. The third kappa shape index (κ3) is 2.89. The van der Waals surface area contributed by atoms with Crippen LogP contribution >= 0.6 is 0 Å². The number of hydrogen-bond acceptors (Lipinski definition) is 6. The van der Waals surface area contributed by atoms with Gasteiger partial charge in [0.15, 0.2) is 23.1 Å². The Hall–Kier alpha value is -3.43. The molecule has 0 N–H and O–H groups in total. The van der Waals surface area contributed by atoms with Gasteiger partial charge in [-0.15, -0.1) is 0 Å². The van der Waals surface area contributed by atoms with E-state index in [-0.39, 0.29) is 35.0 Å². The van der Waals surface area contributed by atoms with Crippen molar-refractivity contribution in [2.45, 2.75) is 50.4 Å². The number of rotatable bonds is 5. The van der Waals surface area contributed by atoms with Crippen LogP contribution in [0.2, 0.25) is 0 Å². The number of aromatic nitrogens is 4. The van der Waals surface area contributed by atoms with E-state index in [0.29, 0.717) is 12.6 Å². The van der Waals surface area contributed by atoms with Gasteiger partial charge in [0.2, 0.25) is 5.88 Å². The van der Waals surface area contributed by atoms with Crippen LogP contribution in [-0.2, 0) is 20.2 Å². The average molecular weight is 441 g/mol. The summed E-state index contributed by atoms with van der Waals surface area (Å²) in [6, 6.07) is 4.50. The van der Waals surface area contributed by atoms with Crippen molar-refractivity contribution in [1.29, 1.82) is 0 Å². The summed E-state index contributed by atoms with van der Waals surface area (Å²) in [5, 5.41) is 3.91. The lowest BCUT2D eigenvalue weighted by atomic mass is 9.88. The highest BCUT2D eigenvalue weighted by molar-refractivity contribution is 5.54. The zero-order valence-electron chi connectivity index (χ0n) is 17.4. The van der Waals surface area contributed by atoms with Crippen LogP contribution in [0.5, 0.6) is 17.4 Å². The molecule has 3 aromatic rings. The van der Waals surface area contributed by atoms with Crippen LogP contribution in [0.15, 0.2) is 35.4 Å². The minimum absolute atomic E-state index is 0.0352. The summed E-state index contributed by atoms with van der Waals surface area (Å²) in [7, 11) is 1.67. The van der Waals surface area contributed by atoms with Crippen LogP contribution in [-0.4, -0.2) is 30.9 Å². The first-order valence-corrected chi connectivity index (χ1v) is 10.6. The Morgan fingerprint density at radius 1 is 1.19 bits per heavy atom. The van der Waals surface area contributed by atoms with Crippen molar-refractivity contribution in [3.8, 4) is 17.4 Å². The average Bonchev–Trinajstić information content (AvgIpc) is 3.48. The van der Waals surface area contributed by atoms with E-state index in [0.717, 1.165) is 43.6 Å². The van der Waals surface area contributed by atoms with Gasteiger partial charge in [0, 0.05) is 19.2 Å². The fourth-order valence-electron chi connectivity index (χ4n) is 5.40. The summed E-state index contributed by atoms with van der Waals surface area (Å²) < 4.78 is 43.1. The van der Waals surface area contributed by atoms with Gasteiger partial charge in [0.1, 0.15) is 12.4 Å². The van der Waals surface area contributed by atoms with E-state index in [4.69, 9.17) is 9.47 Å². The van der Waals surface area contributed by atoms with Crippen LogP contribution in [0.25, 0.3) is 0 Å². The minimum Gasteiger partial charge on any atom is -0.473 e. The number of nitrogens with zero attached hydrogens (tertiary/aromatic N) is 5. The summed E-state index contributed by atoms with van der Waals surface area (Å²) in [5.41, 5.74) is -0.0591. The van der Waals surface area contributed by atoms with Gasteiger partial charge in [0.05, 0.1) is 24.5 Å². The Morgan fingerprint density at radius 2 is 1.94 bits per heavy atom. The van der Waals surface area contributed by atoms with Gasteiger partial charge >= 0.3 is 5.69 Å². The number of anilines is 1. The van der Waals surface area contributed by atoms with E-state index in [9.17, 15) is 13.6 Å². The van der Waals surface area contributed by atoms with Gasteiger partial charge in [-0.3, -0.25) is 9.25 Å². The lowest BCUT2D eigenvalue weighted by molar-refractivity contribution is 0.289. The molecule has 8 nitrogen and oxygen atoms in total. The highest BCUT2D eigenvalue weighted by Gasteiger charge is 2.56. The normalized spacial score (nSPS) is 22.8. The second-order valence-electron chi connectivity index (χ2n) is 8.78. The van der Waals surface area contributed by atoms with Gasteiger partial charge < -0.3 is 14.4 Å². The van der Waals surface area contributed by atoms with E-state index in [2.05, 4.69) is 15.0 Å². The molecule has 0 amide bonds. The first kappa shape index (κ1) is 19.3. The number of halogens is 2. The first-order chi connectivity index (χ1) is 15.4. The zero-order valence-corrected chi connectivity index (χ0v) is 17.4. The summed E-state index contributed by atoms with van der Waals surface area (Å²) in [5.74, 6) is -1.01. The summed E-state index contributed by atoms with van der Waals surface area (Å²) in [4.78, 5) is 19.0. The Morgan fingerprint density at radius 3 is 2.62 bits per heavy atom. The number of fused-ring (bicyclic) bond motifs is 1. The third-order valence-corrected chi connectivity index (χ3v) is 6.77. The topological polar surface area (TPSA) is 74.4 Å². The van der Waals surface area contributed by atoms with Crippen molar-refractivity contribution < 1.29 is 18.3 Å². The summed E-state index contributed by atoms with van der Waals surface area (Å²) in [6.07, 6.45) is 7.31. The van der Waals surface area contributed by atoms with Crippen molar-refractivity contribution in [2.75, 3.05) is 4.90 Å². The molecule has 1 aromatic carbocycles. The molecule has 0 atom stereocenters. The molecule has 3 aliphatic heterocycles. The third-order valence-electron chi connectivity index (χ3n) is 6.77. The van der Waals surface area contributed by atoms with Gasteiger partial charge in [-0.2, -0.15) is 10.1 Å². The van der Waals surface area contributed by atoms with Crippen molar-refractivity contribution in [3.05, 3.63) is 58.3 Å². The Bertz CT molecular complexity index is 1260. The Labute approximate surface area is 182 Å². The maximum absolute atomic E-state index is 14.5. The minimum atomic E-state index is -0.856. The molecule has 166 valence electrons. The van der Waals surface area contributed by atoms with E-state index >= 15 is 0 Å². The van der Waals surface area contributed by atoms with E-state index in [1.54, 1.807) is 17.7 Å². The molecule has 10 heteroatoms. The molecule has 0 radical (unpaired) electrons. The molecule has 5 heterocycles. The Kier molecular flexibility index (Phi) is 4.08. The van der Waals surface area contributed by atoms with E-state index in [1.807, 2.05) is 0 Å². The highest BCUT2D eigenvalue weighted by Crippen LogP contribution is 2.53. The van der Waals surface area contributed by atoms with Crippen molar-refractivity contribution >= 4 is 5.82 Å². The highest BCUT2D eigenvalue weighted by atomic mass is 19.1. The van der Waals surface area contributed by atoms with Gasteiger partial charge in [-0.25, -0.2) is 13.6 Å². The molecule has 32 heavy (non-hydrogen) atoms. The zero-order chi connectivity index (χ0) is 22.0. The number of aryl methyl sites for hydroxylation is 1. The largest absolute Gasteiger partial charge is 0.473 e. The van der Waals surface area contributed by atoms with Gasteiger partial charge in [-0.1, -0.05) is 0 Å². The van der Waals surface area contributed by atoms with Crippen LogP contribution in [0.4, 0.5) is 14.6 Å². The van der Waals surface area contributed by atoms with E-state index in [1.165, 1.54) is 17.1 Å². The molecule has 0 aliphatic carbocycles. The molecule has 2 fully saturated rings. The molecule has 2 aromatic heterocycles. The predicted molar refractivity (Wildman–Crippen MR) is 110 cm³/mol. The first-order valence-electron chi connectivity index (χ1n) is 10.6. The predicted octanol–water partition coefficient (Wildman–Crippen LogP) is 3.14. The van der Waals surface area contributed by atoms with Crippen LogP contribution in [0, 0.1) is 11.6 Å². The molecule has 3 aliphatic rings. The van der Waals surface area contributed by atoms with E-state index < -0.39 is 17.4 Å². The van der Waals surface area contributed by atoms with Crippen molar-refractivity contribution in [1.82, 2.24) is 19.3 Å². The monoisotopic (exact) mass is 441 g/mol. The number of benzene rings is 1. The maximum atomic E-state index is 14.5. The van der Waals surface area contributed by atoms with Crippen LogP contribution in [0.1, 0.15) is 31.2 Å². The second kappa shape index (κ2) is 6.78. The smallest absolute Gasteiger partial charge is 0.352 e. The molecular weight excluding hydrogens is 420 g/mol.